The molecule has 0 fully saturated rings. The Morgan fingerprint density at radius 3 is 2.67 bits per heavy atom. The Kier molecular flexibility index (Phi) is 4.41. The van der Waals surface area contributed by atoms with Gasteiger partial charge in [-0.1, -0.05) is 23.2 Å². The zero-order valence-electron chi connectivity index (χ0n) is 8.89. The highest BCUT2D eigenvalue weighted by molar-refractivity contribution is 6.33. The van der Waals surface area contributed by atoms with E-state index in [0.29, 0.717) is 23.1 Å². The molecular formula is C11H15Cl2NO. The van der Waals surface area contributed by atoms with Crippen molar-refractivity contribution < 1.29 is 4.74 Å². The van der Waals surface area contributed by atoms with Crippen molar-refractivity contribution in [3.8, 4) is 0 Å². The number of rotatable bonds is 4. The van der Waals surface area contributed by atoms with E-state index >= 15 is 0 Å². The molecule has 0 radical (unpaired) electrons. The van der Waals surface area contributed by atoms with Crippen molar-refractivity contribution in [2.75, 3.05) is 13.7 Å². The fourth-order valence-electron chi connectivity index (χ4n) is 1.49. The molecule has 0 amide bonds. The van der Waals surface area contributed by atoms with Gasteiger partial charge in [0.05, 0.1) is 6.61 Å². The summed E-state index contributed by atoms with van der Waals surface area (Å²) in [7, 11) is 1.63. The van der Waals surface area contributed by atoms with Gasteiger partial charge in [0.15, 0.2) is 0 Å². The van der Waals surface area contributed by atoms with Crippen LogP contribution in [0.5, 0.6) is 0 Å². The minimum atomic E-state index is -0.428. The van der Waals surface area contributed by atoms with Crippen molar-refractivity contribution >= 4 is 23.2 Å². The molecule has 0 aliphatic rings. The molecule has 2 N–H and O–H groups in total. The third-order valence-corrected chi connectivity index (χ3v) is 2.68. The summed E-state index contributed by atoms with van der Waals surface area (Å²) in [6.45, 7) is 2.41. The monoisotopic (exact) mass is 247 g/mol. The fraction of sp³-hybridized carbons (Fsp3) is 0.455. The van der Waals surface area contributed by atoms with Gasteiger partial charge in [-0.15, -0.1) is 0 Å². The molecule has 1 atom stereocenters. The minimum absolute atomic E-state index is 0.428. The summed E-state index contributed by atoms with van der Waals surface area (Å²) in [6, 6.07) is 5.38. The smallest absolute Gasteiger partial charge is 0.0642 e. The first kappa shape index (κ1) is 12.8. The Morgan fingerprint density at radius 1 is 1.40 bits per heavy atom. The van der Waals surface area contributed by atoms with E-state index < -0.39 is 5.54 Å². The van der Waals surface area contributed by atoms with Crippen LogP contribution in [0.4, 0.5) is 0 Å². The number of methoxy groups -OCH3 is 1. The maximum atomic E-state index is 6.05. The number of benzene rings is 1. The second-order valence-electron chi connectivity index (χ2n) is 4.00. The molecule has 0 heterocycles. The highest BCUT2D eigenvalue weighted by Gasteiger charge is 2.20. The Balaban J connectivity index is 2.83. The maximum Gasteiger partial charge on any atom is 0.0642 e. The summed E-state index contributed by atoms with van der Waals surface area (Å²) < 4.78 is 5.05. The van der Waals surface area contributed by atoms with Gasteiger partial charge in [-0.2, -0.15) is 0 Å². The van der Waals surface area contributed by atoms with Gasteiger partial charge in [0.25, 0.3) is 0 Å². The van der Waals surface area contributed by atoms with Gasteiger partial charge in [0, 0.05) is 22.7 Å². The molecule has 0 bridgehead atoms. The zero-order valence-corrected chi connectivity index (χ0v) is 10.4. The lowest BCUT2D eigenvalue weighted by molar-refractivity contribution is 0.141. The Labute approximate surface area is 100 Å². The molecule has 1 rings (SSSR count). The molecule has 0 spiro atoms. The van der Waals surface area contributed by atoms with E-state index in [4.69, 9.17) is 33.7 Å². The fourth-order valence-corrected chi connectivity index (χ4v) is 1.87. The third-order valence-electron chi connectivity index (χ3n) is 2.08. The first-order valence-corrected chi connectivity index (χ1v) is 5.42. The number of hydrogen-bond acceptors (Lipinski definition) is 2. The van der Waals surface area contributed by atoms with Crippen LogP contribution in [0, 0.1) is 0 Å². The lowest BCUT2D eigenvalue weighted by atomic mass is 9.95. The van der Waals surface area contributed by atoms with Gasteiger partial charge in [0.2, 0.25) is 0 Å². The molecule has 0 saturated heterocycles. The molecule has 4 heteroatoms. The van der Waals surface area contributed by atoms with Crippen LogP contribution in [0.25, 0.3) is 0 Å². The van der Waals surface area contributed by atoms with Crippen LogP contribution in [0.15, 0.2) is 18.2 Å². The summed E-state index contributed by atoms with van der Waals surface area (Å²) in [5.41, 5.74) is 6.57. The second-order valence-corrected chi connectivity index (χ2v) is 4.84. The van der Waals surface area contributed by atoms with Crippen LogP contribution in [0.1, 0.15) is 12.5 Å². The summed E-state index contributed by atoms with van der Waals surface area (Å²) in [5, 5.41) is 1.36. The van der Waals surface area contributed by atoms with Crippen LogP contribution >= 0.6 is 23.2 Å². The Morgan fingerprint density at radius 2 is 2.07 bits per heavy atom. The maximum absolute atomic E-state index is 6.05. The van der Waals surface area contributed by atoms with E-state index in [1.165, 1.54) is 0 Å². The largest absolute Gasteiger partial charge is 0.383 e. The minimum Gasteiger partial charge on any atom is -0.383 e. The lowest BCUT2D eigenvalue weighted by Crippen LogP contribution is -2.43. The predicted molar refractivity (Wildman–Crippen MR) is 64.6 cm³/mol. The summed E-state index contributed by atoms with van der Waals surface area (Å²) >= 11 is 11.9. The highest BCUT2D eigenvalue weighted by Crippen LogP contribution is 2.23. The Bertz CT molecular complexity index is 339. The van der Waals surface area contributed by atoms with Crippen LogP contribution in [-0.2, 0) is 11.2 Å². The number of ether oxygens (including phenoxy) is 1. The molecule has 0 aliphatic carbocycles. The van der Waals surface area contributed by atoms with E-state index in [9.17, 15) is 0 Å². The van der Waals surface area contributed by atoms with E-state index in [1.807, 2.05) is 13.0 Å². The summed E-state index contributed by atoms with van der Waals surface area (Å²) in [6.07, 6.45) is 0.639. The first-order valence-electron chi connectivity index (χ1n) is 4.66. The number of halogens is 2. The van der Waals surface area contributed by atoms with Crippen molar-refractivity contribution in [2.24, 2.45) is 5.73 Å². The van der Waals surface area contributed by atoms with Crippen molar-refractivity contribution in [3.63, 3.8) is 0 Å². The van der Waals surface area contributed by atoms with Crippen molar-refractivity contribution in [3.05, 3.63) is 33.8 Å². The topological polar surface area (TPSA) is 35.2 Å². The molecule has 0 aromatic heterocycles. The number of nitrogens with two attached hydrogens (primary N) is 1. The lowest BCUT2D eigenvalue weighted by Gasteiger charge is -2.24. The van der Waals surface area contributed by atoms with Gasteiger partial charge in [-0.3, -0.25) is 0 Å². The molecule has 1 unspecified atom stereocenters. The van der Waals surface area contributed by atoms with E-state index in [2.05, 4.69) is 0 Å². The summed E-state index contributed by atoms with van der Waals surface area (Å²) in [4.78, 5) is 0. The normalized spacial score (nSPS) is 15.0. The average molecular weight is 248 g/mol. The number of hydrogen-bond donors (Lipinski definition) is 1. The van der Waals surface area contributed by atoms with Crippen LogP contribution in [0.3, 0.4) is 0 Å². The predicted octanol–water partition coefficient (Wildman–Crippen LogP) is 2.90. The van der Waals surface area contributed by atoms with Gasteiger partial charge >= 0.3 is 0 Å². The molecule has 15 heavy (non-hydrogen) atoms. The standard InChI is InChI=1S/C11H15Cl2NO/c1-11(14,7-15-2)6-8-5-9(12)3-4-10(8)13/h3-5H,6-7,14H2,1-2H3. The van der Waals surface area contributed by atoms with Crippen molar-refractivity contribution in [1.82, 2.24) is 0 Å². The van der Waals surface area contributed by atoms with Gasteiger partial charge in [0.1, 0.15) is 0 Å². The zero-order chi connectivity index (χ0) is 11.5. The molecule has 0 saturated carbocycles. The van der Waals surface area contributed by atoms with E-state index in [-0.39, 0.29) is 0 Å². The first-order chi connectivity index (χ1) is 6.94. The van der Waals surface area contributed by atoms with E-state index in [0.717, 1.165) is 5.56 Å². The van der Waals surface area contributed by atoms with Crippen LogP contribution in [-0.4, -0.2) is 19.3 Å². The molecule has 1 aromatic rings. The average Bonchev–Trinajstić information content (AvgIpc) is 2.10. The molecule has 2 nitrogen and oxygen atoms in total. The second kappa shape index (κ2) is 5.17. The van der Waals surface area contributed by atoms with Crippen molar-refractivity contribution in [1.29, 1.82) is 0 Å². The Hall–Kier alpha value is -0.280. The van der Waals surface area contributed by atoms with Gasteiger partial charge in [-0.05, 0) is 37.1 Å². The van der Waals surface area contributed by atoms with Crippen LogP contribution in [0.2, 0.25) is 10.0 Å². The molecule has 0 aliphatic heterocycles. The van der Waals surface area contributed by atoms with Crippen LogP contribution < -0.4 is 5.73 Å². The SMILES string of the molecule is COCC(C)(N)Cc1cc(Cl)ccc1Cl. The van der Waals surface area contributed by atoms with Gasteiger partial charge in [-0.25, -0.2) is 0 Å². The molecule has 1 aromatic carbocycles. The molecular weight excluding hydrogens is 233 g/mol. The van der Waals surface area contributed by atoms with E-state index in [1.54, 1.807) is 19.2 Å². The highest BCUT2D eigenvalue weighted by atomic mass is 35.5. The summed E-state index contributed by atoms with van der Waals surface area (Å²) in [5.74, 6) is 0. The molecule has 84 valence electrons. The van der Waals surface area contributed by atoms with Gasteiger partial charge < -0.3 is 10.5 Å². The third kappa shape index (κ3) is 3.99. The quantitative estimate of drug-likeness (QED) is 0.889. The van der Waals surface area contributed by atoms with Crippen molar-refractivity contribution in [2.45, 2.75) is 18.9 Å².